The minimum atomic E-state index is -0.635. The Morgan fingerprint density at radius 2 is 2.25 bits per heavy atom. The summed E-state index contributed by atoms with van der Waals surface area (Å²) in [5.74, 6) is 1.40. The van der Waals surface area contributed by atoms with Crippen molar-refractivity contribution in [2.24, 2.45) is 0 Å². The summed E-state index contributed by atoms with van der Waals surface area (Å²) in [5.41, 5.74) is 1.13. The Labute approximate surface area is 167 Å². The molecular weight excluding hydrogens is 378 g/mol. The first-order valence-corrected chi connectivity index (χ1v) is 10.4. The van der Waals surface area contributed by atoms with Crippen LogP contribution >= 0.6 is 11.3 Å². The minimum absolute atomic E-state index is 0.0604. The first kappa shape index (κ1) is 19.3. The molecule has 0 bridgehead atoms. The highest BCUT2D eigenvalue weighted by molar-refractivity contribution is 7.18. The van der Waals surface area contributed by atoms with Gasteiger partial charge in [0.15, 0.2) is 0 Å². The van der Waals surface area contributed by atoms with Crippen LogP contribution in [0.5, 0.6) is 0 Å². The molecule has 150 valence electrons. The molecule has 0 amide bonds. The normalized spacial score (nSPS) is 15.2. The van der Waals surface area contributed by atoms with Gasteiger partial charge in [0.2, 0.25) is 0 Å². The van der Waals surface area contributed by atoms with Crippen LogP contribution in [0.3, 0.4) is 0 Å². The van der Waals surface area contributed by atoms with Crippen molar-refractivity contribution in [3.8, 4) is 0 Å². The predicted octanol–water partition coefficient (Wildman–Crippen LogP) is 2.47. The number of ether oxygens (including phenoxy) is 1. The number of aryl methyl sites for hydroxylation is 2. The molecule has 0 spiro atoms. The average molecular weight is 404 g/mol. The average Bonchev–Trinajstić information content (AvgIpc) is 3.28. The van der Waals surface area contributed by atoms with Crippen LogP contribution in [0.15, 0.2) is 27.6 Å². The molecule has 3 aromatic rings. The van der Waals surface area contributed by atoms with Crippen LogP contribution in [0, 0.1) is 0 Å². The SMILES string of the molecule is COCC(O)CN(Cc1nc2sc3c(c2c(=O)[nH]1)CCCC3)Cc1ccco1. The van der Waals surface area contributed by atoms with Crippen molar-refractivity contribution < 1.29 is 14.3 Å². The van der Waals surface area contributed by atoms with Crippen molar-refractivity contribution in [3.05, 3.63) is 50.8 Å². The summed E-state index contributed by atoms with van der Waals surface area (Å²) in [6.07, 6.45) is 5.31. The van der Waals surface area contributed by atoms with Crippen LogP contribution in [0.2, 0.25) is 0 Å². The third-order valence-electron chi connectivity index (χ3n) is 5.04. The van der Waals surface area contributed by atoms with Crippen molar-refractivity contribution in [2.45, 2.75) is 44.9 Å². The first-order chi connectivity index (χ1) is 13.6. The number of hydrogen-bond acceptors (Lipinski definition) is 7. The zero-order valence-electron chi connectivity index (χ0n) is 15.9. The Hall–Kier alpha value is -2.00. The van der Waals surface area contributed by atoms with Crippen LogP contribution in [0.4, 0.5) is 0 Å². The summed E-state index contributed by atoms with van der Waals surface area (Å²) in [5, 5.41) is 10.9. The van der Waals surface area contributed by atoms with Crippen LogP contribution in [-0.2, 0) is 30.7 Å². The first-order valence-electron chi connectivity index (χ1n) is 9.59. The van der Waals surface area contributed by atoms with Gasteiger partial charge in [0, 0.05) is 18.5 Å². The smallest absolute Gasteiger partial charge is 0.259 e. The number of nitrogens with one attached hydrogen (secondary N) is 1. The highest BCUT2D eigenvalue weighted by Crippen LogP contribution is 2.33. The van der Waals surface area contributed by atoms with Gasteiger partial charge >= 0.3 is 0 Å². The van der Waals surface area contributed by atoms with Gasteiger partial charge in [-0.2, -0.15) is 0 Å². The van der Waals surface area contributed by atoms with E-state index >= 15 is 0 Å². The Kier molecular flexibility index (Phi) is 5.91. The molecule has 2 N–H and O–H groups in total. The summed E-state index contributed by atoms with van der Waals surface area (Å²) >= 11 is 1.65. The molecule has 3 heterocycles. The molecule has 0 aromatic carbocycles. The number of hydrogen-bond donors (Lipinski definition) is 2. The zero-order chi connectivity index (χ0) is 19.5. The number of methoxy groups -OCH3 is 1. The number of rotatable bonds is 8. The van der Waals surface area contributed by atoms with Gasteiger partial charge in [0.1, 0.15) is 16.4 Å². The number of aromatic nitrogens is 2. The standard InChI is InChI=1S/C20H25N3O4S/c1-26-12-13(24)9-23(10-14-5-4-8-27-14)11-17-21-19(25)18-15-6-2-3-7-16(15)28-20(18)22-17/h4-5,8,13,24H,2-3,6-7,9-12H2,1H3,(H,21,22,25). The molecule has 28 heavy (non-hydrogen) atoms. The second-order valence-electron chi connectivity index (χ2n) is 7.26. The molecule has 1 aliphatic rings. The second kappa shape index (κ2) is 8.57. The zero-order valence-corrected chi connectivity index (χ0v) is 16.8. The Bertz CT molecular complexity index is 979. The van der Waals surface area contributed by atoms with Crippen molar-refractivity contribution in [2.75, 3.05) is 20.3 Å². The van der Waals surface area contributed by atoms with Gasteiger partial charge in [-0.05, 0) is 43.4 Å². The molecule has 1 atom stereocenters. The number of nitrogens with zero attached hydrogens (tertiary/aromatic N) is 2. The predicted molar refractivity (Wildman–Crippen MR) is 108 cm³/mol. The Balaban J connectivity index is 1.60. The number of fused-ring (bicyclic) bond motifs is 3. The van der Waals surface area contributed by atoms with Gasteiger partial charge in [0.25, 0.3) is 5.56 Å². The van der Waals surface area contributed by atoms with E-state index in [0.717, 1.165) is 35.2 Å². The summed E-state index contributed by atoms with van der Waals surface area (Å²) in [6, 6.07) is 3.73. The molecule has 0 fully saturated rings. The van der Waals surface area contributed by atoms with Crippen LogP contribution in [-0.4, -0.2) is 46.3 Å². The van der Waals surface area contributed by atoms with Crippen molar-refractivity contribution in [1.29, 1.82) is 0 Å². The van der Waals surface area contributed by atoms with E-state index in [1.165, 1.54) is 16.9 Å². The van der Waals surface area contributed by atoms with Crippen LogP contribution < -0.4 is 5.56 Å². The second-order valence-corrected chi connectivity index (χ2v) is 8.35. The van der Waals surface area contributed by atoms with Crippen LogP contribution in [0.1, 0.15) is 34.9 Å². The van der Waals surface area contributed by atoms with E-state index < -0.39 is 6.10 Å². The number of furan rings is 1. The van der Waals surface area contributed by atoms with E-state index in [-0.39, 0.29) is 12.2 Å². The van der Waals surface area contributed by atoms with Crippen molar-refractivity contribution >= 4 is 21.6 Å². The largest absolute Gasteiger partial charge is 0.468 e. The Morgan fingerprint density at radius 3 is 3.04 bits per heavy atom. The molecule has 0 aliphatic heterocycles. The van der Waals surface area contributed by atoms with Gasteiger partial charge in [-0.3, -0.25) is 9.69 Å². The fourth-order valence-electron chi connectivity index (χ4n) is 3.85. The van der Waals surface area contributed by atoms with Crippen LogP contribution in [0.25, 0.3) is 10.2 Å². The number of thiophene rings is 1. The van der Waals surface area contributed by atoms with E-state index in [9.17, 15) is 9.90 Å². The summed E-state index contributed by atoms with van der Waals surface area (Å²) in [7, 11) is 1.56. The van der Waals surface area contributed by atoms with Gasteiger partial charge in [0.05, 0.1) is 37.4 Å². The summed E-state index contributed by atoms with van der Waals surface area (Å²) in [4.78, 5) is 24.6. The third kappa shape index (κ3) is 4.20. The highest BCUT2D eigenvalue weighted by atomic mass is 32.1. The number of aliphatic hydroxyl groups excluding tert-OH is 1. The van der Waals surface area contributed by atoms with E-state index in [2.05, 4.69) is 4.98 Å². The molecule has 8 heteroatoms. The third-order valence-corrected chi connectivity index (χ3v) is 6.22. The molecule has 3 aromatic heterocycles. The molecule has 1 unspecified atom stereocenters. The molecular formula is C20H25N3O4S. The lowest BCUT2D eigenvalue weighted by Crippen LogP contribution is -2.35. The van der Waals surface area contributed by atoms with Crippen molar-refractivity contribution in [1.82, 2.24) is 14.9 Å². The lowest BCUT2D eigenvalue weighted by Gasteiger charge is -2.23. The fraction of sp³-hybridized carbons (Fsp3) is 0.500. The summed E-state index contributed by atoms with van der Waals surface area (Å²) < 4.78 is 10.5. The van der Waals surface area contributed by atoms with Gasteiger partial charge < -0.3 is 19.2 Å². The Morgan fingerprint density at radius 1 is 1.39 bits per heavy atom. The van der Waals surface area contributed by atoms with Crippen molar-refractivity contribution in [3.63, 3.8) is 0 Å². The highest BCUT2D eigenvalue weighted by Gasteiger charge is 2.21. The topological polar surface area (TPSA) is 91.6 Å². The van der Waals surface area contributed by atoms with Gasteiger partial charge in [-0.1, -0.05) is 0 Å². The van der Waals surface area contributed by atoms with E-state index in [1.807, 2.05) is 17.0 Å². The number of H-pyrrole nitrogens is 1. The molecule has 4 rings (SSSR count). The monoisotopic (exact) mass is 403 g/mol. The molecule has 1 aliphatic carbocycles. The quantitative estimate of drug-likeness (QED) is 0.600. The number of aliphatic hydroxyl groups is 1. The minimum Gasteiger partial charge on any atom is -0.468 e. The van der Waals surface area contributed by atoms with E-state index in [4.69, 9.17) is 14.1 Å². The fourth-order valence-corrected chi connectivity index (χ4v) is 5.13. The maximum Gasteiger partial charge on any atom is 0.259 e. The maximum atomic E-state index is 12.8. The molecule has 0 radical (unpaired) electrons. The molecule has 7 nitrogen and oxygen atoms in total. The van der Waals surface area contributed by atoms with Gasteiger partial charge in [-0.25, -0.2) is 4.98 Å². The van der Waals surface area contributed by atoms with Gasteiger partial charge in [-0.15, -0.1) is 11.3 Å². The lowest BCUT2D eigenvalue weighted by atomic mass is 9.97. The lowest BCUT2D eigenvalue weighted by molar-refractivity contribution is 0.0317. The number of aromatic amines is 1. The van der Waals surface area contributed by atoms with E-state index in [1.54, 1.807) is 24.7 Å². The maximum absolute atomic E-state index is 12.8. The summed E-state index contributed by atoms with van der Waals surface area (Å²) in [6.45, 7) is 1.55. The van der Waals surface area contributed by atoms with E-state index in [0.29, 0.717) is 25.5 Å². The molecule has 0 saturated carbocycles. The molecule has 0 saturated heterocycles.